The molecule has 0 aliphatic rings. The van der Waals surface area contributed by atoms with E-state index >= 15 is 0 Å². The van der Waals surface area contributed by atoms with Crippen molar-refractivity contribution in [1.82, 2.24) is 4.98 Å². The van der Waals surface area contributed by atoms with Gasteiger partial charge in [-0.25, -0.2) is 0 Å². The fourth-order valence-electron chi connectivity index (χ4n) is 1.68. The van der Waals surface area contributed by atoms with Crippen LogP contribution in [-0.2, 0) is 11.2 Å². The molecule has 0 bridgehead atoms. The average Bonchev–Trinajstić information content (AvgIpc) is 2.47. The summed E-state index contributed by atoms with van der Waals surface area (Å²) in [5.74, 6) is 2.15. The van der Waals surface area contributed by atoms with Crippen LogP contribution < -0.4 is 10.1 Å². The molecule has 1 aromatic carbocycles. The van der Waals surface area contributed by atoms with Gasteiger partial charge in [0.2, 0.25) is 5.88 Å². The molecule has 19 heavy (non-hydrogen) atoms. The molecule has 1 N–H and O–H groups in total. The number of aromatic nitrogens is 1. The molecule has 0 atom stereocenters. The van der Waals surface area contributed by atoms with Gasteiger partial charge in [-0.2, -0.15) is 4.98 Å². The molecule has 0 saturated carbocycles. The van der Waals surface area contributed by atoms with Crippen LogP contribution in [-0.4, -0.2) is 25.7 Å². The smallest absolute Gasteiger partial charge is 0.221 e. The molecule has 0 saturated heterocycles. The Kier molecular flexibility index (Phi) is 4.75. The summed E-state index contributed by atoms with van der Waals surface area (Å²) in [5.41, 5.74) is 1.23. The van der Waals surface area contributed by atoms with Gasteiger partial charge in [0.15, 0.2) is 0 Å². The van der Waals surface area contributed by atoms with Crippen molar-refractivity contribution in [1.29, 1.82) is 0 Å². The lowest BCUT2D eigenvalue weighted by atomic mass is 10.1. The first-order valence-electron chi connectivity index (χ1n) is 6.22. The molecular formula is C15H18N2O2. The summed E-state index contributed by atoms with van der Waals surface area (Å²) >= 11 is 0. The second-order valence-corrected chi connectivity index (χ2v) is 4.10. The third-order valence-electron chi connectivity index (χ3n) is 2.72. The second-order valence-electron chi connectivity index (χ2n) is 4.10. The van der Waals surface area contributed by atoms with Crippen LogP contribution >= 0.6 is 0 Å². The summed E-state index contributed by atoms with van der Waals surface area (Å²) in [7, 11) is 3.54. The fourth-order valence-corrected chi connectivity index (χ4v) is 1.68. The van der Waals surface area contributed by atoms with Gasteiger partial charge in [0.25, 0.3) is 0 Å². The maximum absolute atomic E-state index is 5.70. The van der Waals surface area contributed by atoms with E-state index in [-0.39, 0.29) is 0 Å². The van der Waals surface area contributed by atoms with E-state index in [2.05, 4.69) is 10.3 Å². The molecule has 0 amide bonds. The van der Waals surface area contributed by atoms with Crippen molar-refractivity contribution in [2.75, 3.05) is 26.1 Å². The van der Waals surface area contributed by atoms with Crippen molar-refractivity contribution < 1.29 is 9.47 Å². The maximum atomic E-state index is 5.70. The van der Waals surface area contributed by atoms with E-state index in [1.807, 2.05) is 49.5 Å². The number of nitrogens with zero attached hydrogens (tertiary/aromatic N) is 1. The first-order valence-corrected chi connectivity index (χ1v) is 6.22. The monoisotopic (exact) mass is 258 g/mol. The summed E-state index contributed by atoms with van der Waals surface area (Å²) in [4.78, 5) is 4.31. The normalized spacial score (nSPS) is 10.2. The summed E-state index contributed by atoms with van der Waals surface area (Å²) in [6, 6.07) is 13.6. The number of methoxy groups -OCH3 is 1. The topological polar surface area (TPSA) is 43.4 Å². The molecule has 2 rings (SSSR count). The van der Waals surface area contributed by atoms with Crippen LogP contribution in [0.1, 0.15) is 5.56 Å². The summed E-state index contributed by atoms with van der Waals surface area (Å²) < 4.78 is 10.7. The predicted molar refractivity (Wildman–Crippen MR) is 75.9 cm³/mol. The minimum Gasteiger partial charge on any atom is -0.439 e. The van der Waals surface area contributed by atoms with Gasteiger partial charge in [-0.05, 0) is 30.2 Å². The van der Waals surface area contributed by atoms with E-state index in [9.17, 15) is 0 Å². The van der Waals surface area contributed by atoms with Gasteiger partial charge in [0, 0.05) is 20.2 Å². The van der Waals surface area contributed by atoms with Gasteiger partial charge in [-0.3, -0.25) is 0 Å². The number of benzene rings is 1. The zero-order valence-corrected chi connectivity index (χ0v) is 11.2. The Morgan fingerprint density at radius 1 is 1.11 bits per heavy atom. The zero-order valence-electron chi connectivity index (χ0n) is 11.2. The van der Waals surface area contributed by atoms with Crippen molar-refractivity contribution >= 4 is 5.82 Å². The van der Waals surface area contributed by atoms with Crippen LogP contribution in [0.5, 0.6) is 11.6 Å². The number of anilines is 1. The second kappa shape index (κ2) is 6.75. The number of hydrogen-bond acceptors (Lipinski definition) is 4. The molecule has 2 aromatic rings. The lowest BCUT2D eigenvalue weighted by molar-refractivity contribution is 0.202. The minimum atomic E-state index is 0.580. The van der Waals surface area contributed by atoms with Crippen molar-refractivity contribution in [3.63, 3.8) is 0 Å². The molecule has 0 aliphatic heterocycles. The van der Waals surface area contributed by atoms with Crippen LogP contribution in [0.25, 0.3) is 0 Å². The van der Waals surface area contributed by atoms with Crippen molar-refractivity contribution in [2.45, 2.75) is 6.42 Å². The molecule has 0 unspecified atom stereocenters. The molecule has 0 fully saturated rings. The molecule has 0 aliphatic carbocycles. The Balaban J connectivity index is 2.02. The van der Waals surface area contributed by atoms with Crippen LogP contribution in [0.15, 0.2) is 42.5 Å². The van der Waals surface area contributed by atoms with Crippen LogP contribution in [0.3, 0.4) is 0 Å². The third kappa shape index (κ3) is 3.96. The van der Waals surface area contributed by atoms with Gasteiger partial charge in [0.1, 0.15) is 11.6 Å². The van der Waals surface area contributed by atoms with Crippen LogP contribution in [0.2, 0.25) is 0 Å². The summed E-state index contributed by atoms with van der Waals surface area (Å²) in [6.07, 6.45) is 0.907. The predicted octanol–water partition coefficient (Wildman–Crippen LogP) is 3.10. The molecule has 1 aromatic heterocycles. The molecule has 0 radical (unpaired) electrons. The van der Waals surface area contributed by atoms with Crippen molar-refractivity contribution in [2.24, 2.45) is 0 Å². The van der Waals surface area contributed by atoms with Crippen molar-refractivity contribution in [3.8, 4) is 11.6 Å². The lowest BCUT2D eigenvalue weighted by Gasteiger charge is -2.07. The first-order chi connectivity index (χ1) is 9.31. The molecule has 1 heterocycles. The summed E-state index contributed by atoms with van der Waals surface area (Å²) in [5, 5.41) is 2.98. The van der Waals surface area contributed by atoms with E-state index in [4.69, 9.17) is 9.47 Å². The van der Waals surface area contributed by atoms with Gasteiger partial charge in [-0.1, -0.05) is 18.2 Å². The van der Waals surface area contributed by atoms with Crippen LogP contribution in [0.4, 0.5) is 5.82 Å². The Morgan fingerprint density at radius 3 is 2.58 bits per heavy atom. The summed E-state index contributed by atoms with van der Waals surface area (Å²) in [6.45, 7) is 0.728. The molecular weight excluding hydrogens is 240 g/mol. The molecule has 0 spiro atoms. The number of rotatable bonds is 6. The van der Waals surface area contributed by atoms with Gasteiger partial charge in [-0.15, -0.1) is 0 Å². The largest absolute Gasteiger partial charge is 0.439 e. The number of hydrogen-bond donors (Lipinski definition) is 1. The highest BCUT2D eigenvalue weighted by molar-refractivity contribution is 5.38. The highest BCUT2D eigenvalue weighted by atomic mass is 16.5. The zero-order chi connectivity index (χ0) is 13.5. The lowest BCUT2D eigenvalue weighted by Crippen LogP contribution is -1.95. The third-order valence-corrected chi connectivity index (χ3v) is 2.72. The molecule has 100 valence electrons. The van der Waals surface area contributed by atoms with Crippen molar-refractivity contribution in [3.05, 3.63) is 48.0 Å². The first kappa shape index (κ1) is 13.4. The molecule has 4 nitrogen and oxygen atoms in total. The standard InChI is InChI=1S/C15H18N2O2/c1-16-14-4-3-5-15(17-14)19-13-8-6-12(7-9-13)10-11-18-2/h3-9H,10-11H2,1-2H3,(H,16,17). The van der Waals surface area contributed by atoms with Gasteiger partial charge < -0.3 is 14.8 Å². The van der Waals surface area contributed by atoms with E-state index < -0.39 is 0 Å². The Hall–Kier alpha value is -2.07. The van der Waals surface area contributed by atoms with E-state index in [1.54, 1.807) is 7.11 Å². The number of ether oxygens (including phenoxy) is 2. The quantitative estimate of drug-likeness (QED) is 0.864. The average molecular weight is 258 g/mol. The Morgan fingerprint density at radius 2 is 1.89 bits per heavy atom. The highest BCUT2D eigenvalue weighted by Gasteiger charge is 2.00. The van der Waals surface area contributed by atoms with E-state index in [0.717, 1.165) is 24.6 Å². The number of pyridine rings is 1. The molecule has 4 heteroatoms. The Bertz CT molecular complexity index is 512. The SMILES string of the molecule is CNc1cccc(Oc2ccc(CCOC)cc2)n1. The maximum Gasteiger partial charge on any atom is 0.221 e. The Labute approximate surface area is 113 Å². The van der Waals surface area contributed by atoms with Gasteiger partial charge >= 0.3 is 0 Å². The number of nitrogens with one attached hydrogen (secondary N) is 1. The minimum absolute atomic E-state index is 0.580. The van der Waals surface area contributed by atoms with E-state index in [1.165, 1.54) is 5.56 Å². The highest BCUT2D eigenvalue weighted by Crippen LogP contribution is 2.21. The van der Waals surface area contributed by atoms with E-state index in [0.29, 0.717) is 5.88 Å². The van der Waals surface area contributed by atoms with Gasteiger partial charge in [0.05, 0.1) is 6.61 Å². The van der Waals surface area contributed by atoms with Crippen LogP contribution in [0, 0.1) is 0 Å². The fraction of sp³-hybridized carbons (Fsp3) is 0.267.